The number of carbonyl (C=O) groups excluding carboxylic acids is 1. The number of carbonyl (C=O) groups is 2. The number of aliphatic carboxylic acids is 1. The Hall–Kier alpha value is -2.04. The molecule has 1 rings (SSSR count). The van der Waals surface area contributed by atoms with Crippen LogP contribution >= 0.6 is 0 Å². The highest BCUT2D eigenvalue weighted by Crippen LogP contribution is 2.17. The maximum absolute atomic E-state index is 11.9. The predicted octanol–water partition coefficient (Wildman–Crippen LogP) is 2.68. The van der Waals surface area contributed by atoms with Crippen LogP contribution in [0, 0.1) is 13.8 Å². The zero-order valence-electron chi connectivity index (χ0n) is 11.7. The molecular formula is C14H20N2O3. The Morgan fingerprint density at radius 1 is 1.32 bits per heavy atom. The highest BCUT2D eigenvalue weighted by atomic mass is 16.4. The summed E-state index contributed by atoms with van der Waals surface area (Å²) in [7, 11) is 0. The molecule has 19 heavy (non-hydrogen) atoms. The Kier molecular flexibility index (Phi) is 4.53. The summed E-state index contributed by atoms with van der Waals surface area (Å²) in [5.74, 6) is -1.05. The van der Waals surface area contributed by atoms with Crippen LogP contribution in [0.5, 0.6) is 0 Å². The van der Waals surface area contributed by atoms with Gasteiger partial charge >= 0.3 is 12.0 Å². The lowest BCUT2D eigenvalue weighted by Crippen LogP contribution is -2.53. The van der Waals surface area contributed by atoms with Crippen LogP contribution in [0.4, 0.5) is 10.5 Å². The van der Waals surface area contributed by atoms with E-state index in [1.54, 1.807) is 6.92 Å². The molecule has 0 saturated heterocycles. The Balaban J connectivity index is 2.80. The average Bonchev–Trinajstić information content (AvgIpc) is 2.33. The maximum Gasteiger partial charge on any atom is 0.329 e. The first kappa shape index (κ1) is 15.0. The standard InChI is InChI=1S/C14H20N2O3/c1-5-14(4,12(17)18)16-13(19)15-11-8-9(2)6-7-10(11)3/h6-8H,5H2,1-4H3,(H,17,18)(H2,15,16,19). The first-order chi connectivity index (χ1) is 8.78. The van der Waals surface area contributed by atoms with Crippen molar-refractivity contribution in [2.45, 2.75) is 39.7 Å². The van der Waals surface area contributed by atoms with Gasteiger partial charge in [0.1, 0.15) is 5.54 Å². The van der Waals surface area contributed by atoms with Crippen LogP contribution in [0.1, 0.15) is 31.4 Å². The van der Waals surface area contributed by atoms with Gasteiger partial charge in [-0.3, -0.25) is 0 Å². The number of aryl methyl sites for hydroxylation is 2. The molecule has 0 radical (unpaired) electrons. The number of urea groups is 1. The molecule has 0 aliphatic carbocycles. The number of hydrogen-bond donors (Lipinski definition) is 3. The van der Waals surface area contributed by atoms with E-state index in [9.17, 15) is 9.59 Å². The molecule has 0 spiro atoms. The van der Waals surface area contributed by atoms with Crippen LogP contribution in [-0.4, -0.2) is 22.6 Å². The predicted molar refractivity (Wildman–Crippen MR) is 74.4 cm³/mol. The van der Waals surface area contributed by atoms with Gasteiger partial charge in [0.15, 0.2) is 0 Å². The van der Waals surface area contributed by atoms with Crippen molar-refractivity contribution in [3.8, 4) is 0 Å². The SMILES string of the molecule is CCC(C)(NC(=O)Nc1cc(C)ccc1C)C(=O)O. The normalized spacial score (nSPS) is 13.5. The Bertz CT molecular complexity index is 499. The van der Waals surface area contributed by atoms with Crippen molar-refractivity contribution >= 4 is 17.7 Å². The summed E-state index contributed by atoms with van der Waals surface area (Å²) < 4.78 is 0. The lowest BCUT2D eigenvalue weighted by Gasteiger charge is -2.25. The molecule has 5 heteroatoms. The van der Waals surface area contributed by atoms with Crippen LogP contribution in [-0.2, 0) is 4.79 Å². The zero-order chi connectivity index (χ0) is 14.6. The third-order valence-corrected chi connectivity index (χ3v) is 3.21. The molecule has 2 amide bonds. The van der Waals surface area contributed by atoms with Gasteiger partial charge in [0.2, 0.25) is 0 Å². The van der Waals surface area contributed by atoms with Crippen molar-refractivity contribution in [3.05, 3.63) is 29.3 Å². The van der Waals surface area contributed by atoms with Crippen molar-refractivity contribution in [2.24, 2.45) is 0 Å². The third kappa shape index (κ3) is 3.71. The molecule has 1 aromatic rings. The molecule has 3 N–H and O–H groups in total. The lowest BCUT2D eigenvalue weighted by molar-refractivity contribution is -0.143. The van der Waals surface area contributed by atoms with Gasteiger partial charge in [-0.2, -0.15) is 0 Å². The van der Waals surface area contributed by atoms with E-state index in [0.717, 1.165) is 11.1 Å². The number of carboxylic acid groups (broad SMARTS) is 1. The van der Waals surface area contributed by atoms with E-state index in [2.05, 4.69) is 10.6 Å². The Labute approximate surface area is 113 Å². The van der Waals surface area contributed by atoms with Crippen molar-refractivity contribution in [2.75, 3.05) is 5.32 Å². The second kappa shape index (κ2) is 5.73. The van der Waals surface area contributed by atoms with Gasteiger partial charge < -0.3 is 15.7 Å². The Morgan fingerprint density at radius 3 is 2.47 bits per heavy atom. The molecule has 0 bridgehead atoms. The van der Waals surface area contributed by atoms with Gasteiger partial charge in [0.05, 0.1) is 0 Å². The van der Waals surface area contributed by atoms with E-state index in [-0.39, 0.29) is 0 Å². The fourth-order valence-corrected chi connectivity index (χ4v) is 1.57. The number of rotatable bonds is 4. The first-order valence-corrected chi connectivity index (χ1v) is 6.18. The van der Waals surface area contributed by atoms with E-state index < -0.39 is 17.5 Å². The average molecular weight is 264 g/mol. The smallest absolute Gasteiger partial charge is 0.329 e. The number of benzene rings is 1. The summed E-state index contributed by atoms with van der Waals surface area (Å²) in [5.41, 5.74) is 1.37. The molecule has 0 heterocycles. The lowest BCUT2D eigenvalue weighted by atomic mass is 10.00. The van der Waals surface area contributed by atoms with Gasteiger partial charge in [0.25, 0.3) is 0 Å². The molecule has 0 aromatic heterocycles. The molecule has 1 unspecified atom stereocenters. The van der Waals surface area contributed by atoms with Crippen LogP contribution in [0.15, 0.2) is 18.2 Å². The summed E-state index contributed by atoms with van der Waals surface area (Å²) in [6.07, 6.45) is 0.308. The summed E-state index contributed by atoms with van der Waals surface area (Å²) in [5, 5.41) is 14.3. The summed E-state index contributed by atoms with van der Waals surface area (Å²) in [6, 6.07) is 5.19. The van der Waals surface area contributed by atoms with Crippen molar-refractivity contribution in [3.63, 3.8) is 0 Å². The van der Waals surface area contributed by atoms with Gasteiger partial charge in [-0.1, -0.05) is 19.1 Å². The van der Waals surface area contributed by atoms with Crippen molar-refractivity contribution < 1.29 is 14.7 Å². The third-order valence-electron chi connectivity index (χ3n) is 3.21. The topological polar surface area (TPSA) is 78.4 Å². The molecule has 0 saturated carbocycles. The highest BCUT2D eigenvalue weighted by Gasteiger charge is 2.32. The molecule has 0 fully saturated rings. The molecular weight excluding hydrogens is 244 g/mol. The number of amides is 2. The maximum atomic E-state index is 11.9. The summed E-state index contributed by atoms with van der Waals surface area (Å²) in [6.45, 7) is 7.01. The second-order valence-corrected chi connectivity index (χ2v) is 4.89. The van der Waals surface area contributed by atoms with Crippen molar-refractivity contribution in [1.29, 1.82) is 0 Å². The van der Waals surface area contributed by atoms with E-state index in [4.69, 9.17) is 5.11 Å². The molecule has 0 aliphatic rings. The molecule has 0 aliphatic heterocycles. The van der Waals surface area contributed by atoms with Gasteiger partial charge in [-0.25, -0.2) is 9.59 Å². The largest absolute Gasteiger partial charge is 0.480 e. The number of hydrogen-bond acceptors (Lipinski definition) is 2. The summed E-state index contributed by atoms with van der Waals surface area (Å²) >= 11 is 0. The minimum absolute atomic E-state index is 0.308. The van der Waals surface area contributed by atoms with Gasteiger partial charge in [-0.05, 0) is 44.4 Å². The second-order valence-electron chi connectivity index (χ2n) is 4.89. The van der Waals surface area contributed by atoms with Crippen LogP contribution < -0.4 is 10.6 Å². The summed E-state index contributed by atoms with van der Waals surface area (Å²) in [4.78, 5) is 23.0. The van der Waals surface area contributed by atoms with E-state index in [1.807, 2.05) is 32.0 Å². The van der Waals surface area contributed by atoms with Gasteiger partial charge in [0, 0.05) is 5.69 Å². The molecule has 1 atom stereocenters. The van der Waals surface area contributed by atoms with Crippen molar-refractivity contribution in [1.82, 2.24) is 5.32 Å². The van der Waals surface area contributed by atoms with E-state index in [1.165, 1.54) is 6.92 Å². The number of nitrogens with one attached hydrogen (secondary N) is 2. The zero-order valence-corrected chi connectivity index (χ0v) is 11.7. The van der Waals surface area contributed by atoms with E-state index >= 15 is 0 Å². The van der Waals surface area contributed by atoms with E-state index in [0.29, 0.717) is 12.1 Å². The minimum Gasteiger partial charge on any atom is -0.480 e. The van der Waals surface area contributed by atoms with Crippen LogP contribution in [0.2, 0.25) is 0 Å². The first-order valence-electron chi connectivity index (χ1n) is 6.18. The fraction of sp³-hybridized carbons (Fsp3) is 0.429. The molecule has 1 aromatic carbocycles. The number of carboxylic acids is 1. The fourth-order valence-electron chi connectivity index (χ4n) is 1.57. The quantitative estimate of drug-likeness (QED) is 0.782. The highest BCUT2D eigenvalue weighted by molar-refractivity contribution is 5.94. The monoisotopic (exact) mass is 264 g/mol. The number of anilines is 1. The Morgan fingerprint density at radius 2 is 1.95 bits per heavy atom. The van der Waals surface area contributed by atoms with Crippen LogP contribution in [0.3, 0.4) is 0 Å². The van der Waals surface area contributed by atoms with Gasteiger partial charge in [-0.15, -0.1) is 0 Å². The molecule has 104 valence electrons. The minimum atomic E-state index is -1.26. The van der Waals surface area contributed by atoms with Crippen LogP contribution in [0.25, 0.3) is 0 Å². The molecule has 5 nitrogen and oxygen atoms in total.